The normalized spacial score (nSPS) is 23.7. The SMILES string of the molecule is CC1CN(S(=O)(=O)c2ccc(Nc3nn(C4COCCC4C#N)c4cc[nH]c(=O)c34)cc2)CCO1. The number of sulfonamides is 1. The maximum absolute atomic E-state index is 13.0. The van der Waals surface area contributed by atoms with Gasteiger partial charge in [-0.05, 0) is 43.7 Å². The number of aromatic nitrogens is 3. The molecule has 12 heteroatoms. The Labute approximate surface area is 202 Å². The van der Waals surface area contributed by atoms with Gasteiger partial charge in [-0.15, -0.1) is 0 Å². The molecule has 5 rings (SSSR count). The van der Waals surface area contributed by atoms with Crippen LogP contribution in [0.3, 0.4) is 0 Å². The lowest BCUT2D eigenvalue weighted by molar-refractivity contribution is 0.0102. The van der Waals surface area contributed by atoms with E-state index in [0.717, 1.165) is 0 Å². The second-order valence-corrected chi connectivity index (χ2v) is 10.7. The van der Waals surface area contributed by atoms with E-state index in [1.807, 2.05) is 6.92 Å². The van der Waals surface area contributed by atoms with Gasteiger partial charge in [-0.3, -0.25) is 9.48 Å². The highest BCUT2D eigenvalue weighted by Gasteiger charge is 2.31. The highest BCUT2D eigenvalue weighted by Crippen LogP contribution is 2.32. The molecular formula is C23H26N6O5S. The van der Waals surface area contributed by atoms with Gasteiger partial charge in [0.05, 0.1) is 47.8 Å². The number of nitriles is 1. The van der Waals surface area contributed by atoms with Crippen molar-refractivity contribution in [3.8, 4) is 6.07 Å². The zero-order chi connectivity index (χ0) is 24.6. The van der Waals surface area contributed by atoms with Gasteiger partial charge >= 0.3 is 0 Å². The van der Waals surface area contributed by atoms with Crippen molar-refractivity contribution < 1.29 is 17.9 Å². The topological polar surface area (TPSA) is 142 Å². The number of H-pyrrole nitrogens is 1. The number of benzene rings is 1. The summed E-state index contributed by atoms with van der Waals surface area (Å²) in [5, 5.41) is 17.7. The minimum atomic E-state index is -3.64. The van der Waals surface area contributed by atoms with Crippen LogP contribution < -0.4 is 10.9 Å². The Morgan fingerprint density at radius 2 is 2.03 bits per heavy atom. The van der Waals surface area contributed by atoms with Gasteiger partial charge in [0.15, 0.2) is 5.82 Å². The van der Waals surface area contributed by atoms with Gasteiger partial charge in [-0.2, -0.15) is 14.7 Å². The second-order valence-electron chi connectivity index (χ2n) is 8.72. The van der Waals surface area contributed by atoms with Gasteiger partial charge in [0.2, 0.25) is 10.0 Å². The number of hydrogen-bond donors (Lipinski definition) is 2. The monoisotopic (exact) mass is 498 g/mol. The number of nitrogens with one attached hydrogen (secondary N) is 2. The Bertz CT molecular complexity index is 1430. The molecule has 3 aromatic rings. The lowest BCUT2D eigenvalue weighted by Gasteiger charge is -2.30. The number of morpholine rings is 1. The molecule has 2 aliphatic rings. The Morgan fingerprint density at radius 1 is 1.23 bits per heavy atom. The maximum Gasteiger partial charge on any atom is 0.261 e. The Balaban J connectivity index is 1.45. The van der Waals surface area contributed by atoms with Crippen molar-refractivity contribution in [2.45, 2.75) is 30.4 Å². The molecule has 1 aromatic carbocycles. The lowest BCUT2D eigenvalue weighted by Crippen LogP contribution is -2.44. The predicted molar refractivity (Wildman–Crippen MR) is 128 cm³/mol. The van der Waals surface area contributed by atoms with Crippen LogP contribution in [-0.4, -0.2) is 66.5 Å². The third-order valence-corrected chi connectivity index (χ3v) is 8.27. The average Bonchev–Trinajstić information content (AvgIpc) is 3.23. The first-order chi connectivity index (χ1) is 16.9. The van der Waals surface area contributed by atoms with Gasteiger partial charge < -0.3 is 19.8 Å². The van der Waals surface area contributed by atoms with Crippen LogP contribution in [0.2, 0.25) is 0 Å². The summed E-state index contributed by atoms with van der Waals surface area (Å²) in [4.78, 5) is 15.5. The molecule has 0 saturated carbocycles. The smallest absolute Gasteiger partial charge is 0.261 e. The third-order valence-electron chi connectivity index (χ3n) is 6.40. The third kappa shape index (κ3) is 4.43. The zero-order valence-electron chi connectivity index (χ0n) is 19.2. The van der Waals surface area contributed by atoms with E-state index in [-0.39, 0.29) is 28.5 Å². The first kappa shape index (κ1) is 23.5. The van der Waals surface area contributed by atoms with E-state index >= 15 is 0 Å². The molecule has 2 fully saturated rings. The molecule has 11 nitrogen and oxygen atoms in total. The van der Waals surface area contributed by atoms with Crippen LogP contribution in [0.25, 0.3) is 10.9 Å². The average molecular weight is 499 g/mol. The summed E-state index contributed by atoms with van der Waals surface area (Å²) < 4.78 is 40.2. The molecule has 0 amide bonds. The number of nitrogens with zero attached hydrogens (tertiary/aromatic N) is 4. The first-order valence-electron chi connectivity index (χ1n) is 11.4. The molecule has 0 aliphatic carbocycles. The zero-order valence-corrected chi connectivity index (χ0v) is 20.0. The van der Waals surface area contributed by atoms with E-state index in [0.29, 0.717) is 61.7 Å². The molecule has 2 saturated heterocycles. The fourth-order valence-electron chi connectivity index (χ4n) is 4.56. The molecule has 0 bridgehead atoms. The summed E-state index contributed by atoms with van der Waals surface area (Å²) >= 11 is 0. The van der Waals surface area contributed by atoms with Crippen LogP contribution >= 0.6 is 0 Å². The van der Waals surface area contributed by atoms with Gasteiger partial charge in [-0.25, -0.2) is 8.42 Å². The quantitative estimate of drug-likeness (QED) is 0.544. The standard InChI is InChI=1S/C23H26N6O5S/c1-15-13-28(9-11-34-15)35(31,32)18-4-2-17(3-5-18)26-22-21-19(6-8-25-23(21)30)29(27-22)20-14-33-10-7-16(20)12-24/h2-6,8,15-16,20H,7,9-11,13-14H2,1H3,(H,25,30)(H,26,27). The minimum absolute atomic E-state index is 0.156. The summed E-state index contributed by atoms with van der Waals surface area (Å²) in [6.45, 7) is 3.67. The highest BCUT2D eigenvalue weighted by molar-refractivity contribution is 7.89. The van der Waals surface area contributed by atoms with E-state index in [9.17, 15) is 18.5 Å². The largest absolute Gasteiger partial charge is 0.379 e. The van der Waals surface area contributed by atoms with Crippen LogP contribution in [-0.2, 0) is 19.5 Å². The lowest BCUT2D eigenvalue weighted by atomic mass is 9.96. The summed E-state index contributed by atoms with van der Waals surface area (Å²) in [5.41, 5.74) is 0.848. The second kappa shape index (κ2) is 9.43. The molecule has 2 aliphatic heterocycles. The van der Waals surface area contributed by atoms with Crippen molar-refractivity contribution in [3.05, 3.63) is 46.9 Å². The van der Waals surface area contributed by atoms with Crippen molar-refractivity contribution in [1.29, 1.82) is 5.26 Å². The highest BCUT2D eigenvalue weighted by atomic mass is 32.2. The molecule has 3 atom stereocenters. The van der Waals surface area contributed by atoms with Gasteiger partial charge in [0.25, 0.3) is 5.56 Å². The molecule has 35 heavy (non-hydrogen) atoms. The van der Waals surface area contributed by atoms with Crippen LogP contribution in [0.1, 0.15) is 19.4 Å². The van der Waals surface area contributed by atoms with E-state index in [1.165, 1.54) is 16.4 Å². The summed E-state index contributed by atoms with van der Waals surface area (Å²) in [5.74, 6) is 0.0353. The number of pyridine rings is 1. The molecule has 2 aromatic heterocycles. The Morgan fingerprint density at radius 3 is 2.77 bits per heavy atom. The predicted octanol–water partition coefficient (Wildman–Crippen LogP) is 1.98. The Hall–Kier alpha value is -3.24. The molecular weight excluding hydrogens is 472 g/mol. The number of aromatic amines is 1. The number of anilines is 2. The number of rotatable bonds is 5. The molecule has 4 heterocycles. The van der Waals surface area contributed by atoms with E-state index in [2.05, 4.69) is 21.5 Å². The summed E-state index contributed by atoms with van der Waals surface area (Å²) in [6, 6.07) is 10.1. The molecule has 3 unspecified atom stereocenters. The van der Waals surface area contributed by atoms with E-state index < -0.39 is 10.0 Å². The molecule has 0 spiro atoms. The number of hydrogen-bond acceptors (Lipinski definition) is 8. The molecule has 2 N–H and O–H groups in total. The van der Waals surface area contributed by atoms with Crippen LogP contribution in [0.5, 0.6) is 0 Å². The van der Waals surface area contributed by atoms with Crippen LogP contribution in [0.15, 0.2) is 46.2 Å². The molecule has 184 valence electrons. The first-order valence-corrected chi connectivity index (χ1v) is 12.9. The summed E-state index contributed by atoms with van der Waals surface area (Å²) in [7, 11) is -3.64. The number of fused-ring (bicyclic) bond motifs is 1. The Kier molecular flexibility index (Phi) is 6.33. The van der Waals surface area contributed by atoms with Crippen LogP contribution in [0, 0.1) is 17.2 Å². The minimum Gasteiger partial charge on any atom is -0.379 e. The van der Waals surface area contributed by atoms with Crippen molar-refractivity contribution >= 4 is 32.4 Å². The summed E-state index contributed by atoms with van der Waals surface area (Å²) in [6.07, 6.45) is 1.98. The van der Waals surface area contributed by atoms with Crippen molar-refractivity contribution in [1.82, 2.24) is 19.1 Å². The van der Waals surface area contributed by atoms with Crippen molar-refractivity contribution in [2.75, 3.05) is 38.2 Å². The fraction of sp³-hybridized carbons (Fsp3) is 0.435. The van der Waals surface area contributed by atoms with Crippen molar-refractivity contribution in [3.63, 3.8) is 0 Å². The van der Waals surface area contributed by atoms with E-state index in [4.69, 9.17) is 9.47 Å². The molecule has 0 radical (unpaired) electrons. The fourth-order valence-corrected chi connectivity index (χ4v) is 6.05. The van der Waals surface area contributed by atoms with E-state index in [1.54, 1.807) is 29.1 Å². The van der Waals surface area contributed by atoms with Gasteiger partial charge in [-0.1, -0.05) is 0 Å². The van der Waals surface area contributed by atoms with Gasteiger partial charge in [0.1, 0.15) is 5.39 Å². The van der Waals surface area contributed by atoms with Crippen molar-refractivity contribution in [2.24, 2.45) is 5.92 Å². The van der Waals surface area contributed by atoms with Crippen LogP contribution in [0.4, 0.5) is 11.5 Å². The maximum atomic E-state index is 13.0. The van der Waals surface area contributed by atoms with Gasteiger partial charge in [0, 0.05) is 31.6 Å². The number of ether oxygens (including phenoxy) is 2.